The van der Waals surface area contributed by atoms with Gasteiger partial charge in [-0.3, -0.25) is 4.21 Å². The lowest BCUT2D eigenvalue weighted by Crippen LogP contribution is -2.29. The van der Waals surface area contributed by atoms with Crippen LogP contribution >= 0.6 is 0 Å². The summed E-state index contributed by atoms with van der Waals surface area (Å²) in [5, 5.41) is 3.62. The molecule has 2 rings (SSSR count). The number of aryl methyl sites for hydroxylation is 1. The first-order valence-electron chi connectivity index (χ1n) is 6.49. The van der Waals surface area contributed by atoms with Gasteiger partial charge >= 0.3 is 0 Å². The van der Waals surface area contributed by atoms with Gasteiger partial charge in [-0.15, -0.1) is 0 Å². The van der Waals surface area contributed by atoms with Gasteiger partial charge in [-0.25, -0.2) is 0 Å². The SMILES string of the molecule is CCCc1ccccc1NC1CCS(=O)CC1. The molecule has 1 aliphatic rings. The summed E-state index contributed by atoms with van der Waals surface area (Å²) < 4.78 is 11.3. The number of nitrogens with one attached hydrogen (secondary N) is 1. The molecule has 17 heavy (non-hydrogen) atoms. The number of hydrogen-bond acceptors (Lipinski definition) is 2. The lowest BCUT2D eigenvalue weighted by Gasteiger charge is -2.25. The Labute approximate surface area is 106 Å². The normalized spacial score (nSPS) is 24.5. The van der Waals surface area contributed by atoms with E-state index in [0.717, 1.165) is 30.8 Å². The van der Waals surface area contributed by atoms with Gasteiger partial charge in [0.05, 0.1) is 0 Å². The van der Waals surface area contributed by atoms with Gasteiger partial charge in [0.25, 0.3) is 0 Å². The van der Waals surface area contributed by atoms with Crippen molar-refractivity contribution in [3.05, 3.63) is 29.8 Å². The van der Waals surface area contributed by atoms with Crippen molar-refractivity contribution in [2.45, 2.75) is 38.6 Å². The largest absolute Gasteiger partial charge is 0.382 e. The molecule has 0 amide bonds. The summed E-state index contributed by atoms with van der Waals surface area (Å²) in [6.45, 7) is 2.21. The smallest absolute Gasteiger partial charge is 0.0374 e. The Kier molecular flexibility index (Phi) is 4.60. The fourth-order valence-electron chi connectivity index (χ4n) is 2.31. The zero-order valence-corrected chi connectivity index (χ0v) is 11.3. The van der Waals surface area contributed by atoms with E-state index in [1.165, 1.54) is 17.7 Å². The van der Waals surface area contributed by atoms with E-state index in [2.05, 4.69) is 36.5 Å². The summed E-state index contributed by atoms with van der Waals surface area (Å²) >= 11 is 0. The van der Waals surface area contributed by atoms with E-state index >= 15 is 0 Å². The summed E-state index contributed by atoms with van der Waals surface area (Å²) in [7, 11) is -0.568. The van der Waals surface area contributed by atoms with Crippen molar-refractivity contribution in [2.75, 3.05) is 16.8 Å². The van der Waals surface area contributed by atoms with E-state index in [1.54, 1.807) is 0 Å². The van der Waals surface area contributed by atoms with E-state index < -0.39 is 10.8 Å². The second-order valence-electron chi connectivity index (χ2n) is 4.67. The minimum absolute atomic E-state index is 0.505. The quantitative estimate of drug-likeness (QED) is 0.891. The molecule has 0 aromatic heterocycles. The van der Waals surface area contributed by atoms with Crippen LogP contribution in [0.3, 0.4) is 0 Å². The fourth-order valence-corrected chi connectivity index (χ4v) is 3.61. The number of hydrogen-bond donors (Lipinski definition) is 1. The summed E-state index contributed by atoms with van der Waals surface area (Å²) in [4.78, 5) is 0. The molecule has 2 nitrogen and oxygen atoms in total. The Morgan fingerprint density at radius 3 is 2.71 bits per heavy atom. The Morgan fingerprint density at radius 2 is 2.00 bits per heavy atom. The highest BCUT2D eigenvalue weighted by atomic mass is 32.2. The van der Waals surface area contributed by atoms with Crippen molar-refractivity contribution in [1.82, 2.24) is 0 Å². The minimum atomic E-state index is -0.568. The third-order valence-corrected chi connectivity index (χ3v) is 4.67. The Hall–Kier alpha value is -0.830. The molecular weight excluding hydrogens is 230 g/mol. The van der Waals surface area contributed by atoms with E-state index in [0.29, 0.717) is 6.04 Å². The maximum Gasteiger partial charge on any atom is 0.0374 e. The van der Waals surface area contributed by atoms with Crippen molar-refractivity contribution in [2.24, 2.45) is 0 Å². The van der Waals surface area contributed by atoms with Gasteiger partial charge in [0.15, 0.2) is 0 Å². The topological polar surface area (TPSA) is 29.1 Å². The molecule has 1 aromatic rings. The number of para-hydroxylation sites is 1. The van der Waals surface area contributed by atoms with Gasteiger partial charge in [-0.1, -0.05) is 31.5 Å². The number of rotatable bonds is 4. The molecule has 1 aromatic carbocycles. The zero-order valence-electron chi connectivity index (χ0n) is 10.4. The lowest BCUT2D eigenvalue weighted by atomic mass is 10.1. The minimum Gasteiger partial charge on any atom is -0.382 e. The fraction of sp³-hybridized carbons (Fsp3) is 0.571. The number of anilines is 1. The molecule has 1 fully saturated rings. The Balaban J connectivity index is 2.00. The van der Waals surface area contributed by atoms with Crippen molar-refractivity contribution in [3.63, 3.8) is 0 Å². The second kappa shape index (κ2) is 6.20. The highest BCUT2D eigenvalue weighted by molar-refractivity contribution is 7.85. The third kappa shape index (κ3) is 3.56. The molecule has 1 saturated heterocycles. The average Bonchev–Trinajstić information content (AvgIpc) is 2.35. The van der Waals surface area contributed by atoms with E-state index in [-0.39, 0.29) is 0 Å². The third-order valence-electron chi connectivity index (χ3n) is 3.28. The molecule has 0 bridgehead atoms. The van der Waals surface area contributed by atoms with Crippen molar-refractivity contribution >= 4 is 16.5 Å². The maximum atomic E-state index is 11.3. The molecule has 0 radical (unpaired) electrons. The van der Waals surface area contributed by atoms with E-state index in [4.69, 9.17) is 0 Å². The van der Waals surface area contributed by atoms with Crippen LogP contribution in [0.25, 0.3) is 0 Å². The summed E-state index contributed by atoms with van der Waals surface area (Å²) in [6, 6.07) is 9.06. The molecule has 0 spiro atoms. The van der Waals surface area contributed by atoms with E-state index in [1.807, 2.05) is 0 Å². The first kappa shape index (κ1) is 12.6. The van der Waals surface area contributed by atoms with Gasteiger partial charge in [-0.2, -0.15) is 0 Å². The first-order valence-corrected chi connectivity index (χ1v) is 7.98. The zero-order chi connectivity index (χ0) is 12.1. The average molecular weight is 251 g/mol. The van der Waals surface area contributed by atoms with Crippen LogP contribution < -0.4 is 5.32 Å². The highest BCUT2D eigenvalue weighted by Crippen LogP contribution is 2.21. The van der Waals surface area contributed by atoms with Crippen molar-refractivity contribution in [3.8, 4) is 0 Å². The maximum absolute atomic E-state index is 11.3. The van der Waals surface area contributed by atoms with Gasteiger partial charge in [-0.05, 0) is 30.9 Å². The van der Waals surface area contributed by atoms with Crippen LogP contribution in [0.15, 0.2) is 24.3 Å². The van der Waals surface area contributed by atoms with E-state index in [9.17, 15) is 4.21 Å². The molecule has 0 unspecified atom stereocenters. The van der Waals surface area contributed by atoms with Crippen LogP contribution in [0.1, 0.15) is 31.7 Å². The molecule has 1 N–H and O–H groups in total. The number of benzene rings is 1. The lowest BCUT2D eigenvalue weighted by molar-refractivity contribution is 0.623. The molecule has 0 aliphatic carbocycles. The monoisotopic (exact) mass is 251 g/mol. The van der Waals surface area contributed by atoms with Crippen LogP contribution in [0, 0.1) is 0 Å². The van der Waals surface area contributed by atoms with Crippen LogP contribution in [-0.4, -0.2) is 21.8 Å². The Morgan fingerprint density at radius 1 is 1.29 bits per heavy atom. The molecule has 0 saturated carbocycles. The Bertz CT molecular complexity index is 382. The highest BCUT2D eigenvalue weighted by Gasteiger charge is 2.18. The van der Waals surface area contributed by atoms with Crippen molar-refractivity contribution in [1.29, 1.82) is 0 Å². The molecule has 0 atom stereocenters. The van der Waals surface area contributed by atoms with Gasteiger partial charge < -0.3 is 5.32 Å². The molecular formula is C14H21NOS. The van der Waals surface area contributed by atoms with Gasteiger partial charge in [0, 0.05) is 34.0 Å². The van der Waals surface area contributed by atoms with Crippen LogP contribution in [-0.2, 0) is 17.2 Å². The first-order chi connectivity index (χ1) is 8.29. The van der Waals surface area contributed by atoms with Crippen molar-refractivity contribution < 1.29 is 4.21 Å². The summed E-state index contributed by atoms with van der Waals surface area (Å²) in [5.41, 5.74) is 2.67. The summed E-state index contributed by atoms with van der Waals surface area (Å²) in [5.74, 6) is 1.71. The molecule has 3 heteroatoms. The predicted octanol–water partition coefficient (Wildman–Crippen LogP) is 2.96. The van der Waals surface area contributed by atoms with Crippen LogP contribution in [0.2, 0.25) is 0 Å². The summed E-state index contributed by atoms with van der Waals surface area (Å²) in [6.07, 6.45) is 4.37. The molecule has 1 heterocycles. The van der Waals surface area contributed by atoms with Gasteiger partial charge in [0.2, 0.25) is 0 Å². The second-order valence-corrected chi connectivity index (χ2v) is 6.37. The molecule has 94 valence electrons. The molecule has 1 aliphatic heterocycles. The van der Waals surface area contributed by atoms with Crippen LogP contribution in [0.4, 0.5) is 5.69 Å². The standard InChI is InChI=1S/C14H21NOS/c1-2-5-12-6-3-4-7-14(12)15-13-8-10-17(16)11-9-13/h3-4,6-7,13,15H,2,5,8-11H2,1H3. The van der Waals surface area contributed by atoms with Gasteiger partial charge in [0.1, 0.15) is 0 Å². The van der Waals surface area contributed by atoms with Crippen LogP contribution in [0.5, 0.6) is 0 Å². The predicted molar refractivity (Wildman–Crippen MR) is 75.0 cm³/mol.